The number of primary amides is 1. The number of fused-ring (bicyclic) bond motifs is 1. The van der Waals surface area contributed by atoms with Crippen molar-refractivity contribution in [2.24, 2.45) is 11.1 Å². The third-order valence-corrected chi connectivity index (χ3v) is 8.20. The Balaban J connectivity index is 1.76. The molecule has 1 aliphatic rings. The highest BCUT2D eigenvalue weighted by molar-refractivity contribution is 6.33. The third kappa shape index (κ3) is 5.48. The maximum absolute atomic E-state index is 12.1. The third-order valence-electron chi connectivity index (χ3n) is 7.62. The molecule has 2 aromatic heterocycles. The predicted octanol–water partition coefficient (Wildman–Crippen LogP) is 5.67. The molecular weight excluding hydrogens is 547 g/mol. The van der Waals surface area contributed by atoms with Gasteiger partial charge < -0.3 is 20.6 Å². The van der Waals surface area contributed by atoms with E-state index in [1.54, 1.807) is 13.8 Å². The van der Waals surface area contributed by atoms with E-state index in [9.17, 15) is 9.90 Å². The minimum atomic E-state index is -0.931. The molecule has 4 aromatic rings. The number of aromatic nitrogens is 3. The molecule has 0 aliphatic carbocycles. The number of benzene rings is 2. The van der Waals surface area contributed by atoms with Crippen LogP contribution >= 0.6 is 23.2 Å². The molecule has 1 amide bonds. The number of hydrogen-bond acceptors (Lipinski definition) is 6. The van der Waals surface area contributed by atoms with E-state index in [1.165, 1.54) is 0 Å². The van der Waals surface area contributed by atoms with Gasteiger partial charge in [0.2, 0.25) is 5.91 Å². The Hall–Kier alpha value is -3.33. The van der Waals surface area contributed by atoms with Crippen molar-refractivity contribution >= 4 is 46.4 Å². The summed E-state index contributed by atoms with van der Waals surface area (Å²) in [6, 6.07) is 17.2. The van der Waals surface area contributed by atoms with E-state index >= 15 is 0 Å². The topological polar surface area (TPSA) is 100.0 Å². The van der Waals surface area contributed by atoms with Crippen molar-refractivity contribution in [2.45, 2.75) is 39.2 Å². The fourth-order valence-corrected chi connectivity index (χ4v) is 5.62. The van der Waals surface area contributed by atoms with Gasteiger partial charge in [0.05, 0.1) is 16.2 Å². The molecule has 0 spiro atoms. The van der Waals surface area contributed by atoms with Crippen LogP contribution in [-0.4, -0.2) is 57.9 Å². The summed E-state index contributed by atoms with van der Waals surface area (Å²) in [7, 11) is 1.91. The van der Waals surface area contributed by atoms with Crippen LogP contribution in [0.5, 0.6) is 0 Å². The molecule has 10 heteroatoms. The van der Waals surface area contributed by atoms with Crippen molar-refractivity contribution in [1.82, 2.24) is 14.6 Å². The zero-order chi connectivity index (χ0) is 28.8. The Bertz CT molecular complexity index is 1550. The molecule has 1 saturated heterocycles. The highest BCUT2D eigenvalue weighted by atomic mass is 35.5. The van der Waals surface area contributed by atoms with Gasteiger partial charge in [-0.25, -0.2) is 4.98 Å². The first-order valence-electron chi connectivity index (χ1n) is 13.3. The number of hydrogen-bond donors (Lipinski definition) is 2. The Morgan fingerprint density at radius 2 is 1.77 bits per heavy atom. The number of rotatable bonds is 7. The standard InChI is InChI=1S/C30H34Cl2N6O2/c1-29(2,40)18-36(4)23-17-24(37-15-13-30(3,14-16-37)28(33)39)38-27(34-23)25(19-9-11-20(31)12-10-19)26(35-38)21-7-5-6-8-22(21)32/h5-12,17,40H,13-16,18H2,1-4H3,(H2,33,39). The summed E-state index contributed by atoms with van der Waals surface area (Å²) in [4.78, 5) is 21.4. The second-order valence-electron chi connectivity index (χ2n) is 11.5. The lowest BCUT2D eigenvalue weighted by atomic mass is 9.80. The second kappa shape index (κ2) is 10.6. The summed E-state index contributed by atoms with van der Waals surface area (Å²) in [6.07, 6.45) is 1.26. The molecule has 40 heavy (non-hydrogen) atoms. The van der Waals surface area contributed by atoms with Crippen molar-refractivity contribution in [3.05, 3.63) is 64.6 Å². The number of anilines is 2. The van der Waals surface area contributed by atoms with Gasteiger partial charge in [-0.05, 0) is 50.5 Å². The Kier molecular flexibility index (Phi) is 7.46. The zero-order valence-electron chi connectivity index (χ0n) is 23.2. The number of carbonyl (C=O) groups is 1. The summed E-state index contributed by atoms with van der Waals surface area (Å²) in [5, 5.41) is 16.9. The molecule has 1 aliphatic heterocycles. The number of carbonyl (C=O) groups excluding carboxylic acids is 1. The van der Waals surface area contributed by atoms with E-state index in [4.69, 9.17) is 39.0 Å². The van der Waals surface area contributed by atoms with Crippen molar-refractivity contribution in [3.8, 4) is 22.4 Å². The van der Waals surface area contributed by atoms with Crippen LogP contribution in [0, 0.1) is 5.41 Å². The van der Waals surface area contributed by atoms with Gasteiger partial charge in [0.1, 0.15) is 17.3 Å². The Labute approximate surface area is 244 Å². The molecule has 210 valence electrons. The molecule has 3 heterocycles. The van der Waals surface area contributed by atoms with Crippen molar-refractivity contribution < 1.29 is 9.90 Å². The van der Waals surface area contributed by atoms with Gasteiger partial charge >= 0.3 is 0 Å². The fourth-order valence-electron chi connectivity index (χ4n) is 5.27. The zero-order valence-corrected chi connectivity index (χ0v) is 24.7. The smallest absolute Gasteiger partial charge is 0.223 e. The van der Waals surface area contributed by atoms with E-state index in [0.717, 1.165) is 22.5 Å². The first-order valence-corrected chi connectivity index (χ1v) is 14.0. The molecule has 0 saturated carbocycles. The number of piperidine rings is 1. The normalized spacial score (nSPS) is 15.4. The lowest BCUT2D eigenvalue weighted by molar-refractivity contribution is -0.127. The van der Waals surface area contributed by atoms with E-state index in [0.29, 0.717) is 59.7 Å². The van der Waals surface area contributed by atoms with Gasteiger partial charge in [-0.3, -0.25) is 4.79 Å². The van der Waals surface area contributed by atoms with Gasteiger partial charge in [-0.2, -0.15) is 9.61 Å². The molecule has 1 fully saturated rings. The molecule has 5 rings (SSSR count). The molecule has 8 nitrogen and oxygen atoms in total. The van der Waals surface area contributed by atoms with Crippen LogP contribution in [-0.2, 0) is 4.79 Å². The highest BCUT2D eigenvalue weighted by Crippen LogP contribution is 2.41. The molecule has 0 atom stereocenters. The van der Waals surface area contributed by atoms with Gasteiger partial charge in [-0.15, -0.1) is 0 Å². The number of nitrogens with two attached hydrogens (primary N) is 1. The largest absolute Gasteiger partial charge is 0.389 e. The van der Waals surface area contributed by atoms with Crippen LogP contribution in [0.15, 0.2) is 54.6 Å². The summed E-state index contributed by atoms with van der Waals surface area (Å²) in [5.41, 5.74) is 8.11. The van der Waals surface area contributed by atoms with Gasteiger partial charge in [0.15, 0.2) is 5.65 Å². The summed E-state index contributed by atoms with van der Waals surface area (Å²) in [6.45, 7) is 7.10. The number of amides is 1. The molecule has 2 aromatic carbocycles. The molecule has 0 bridgehead atoms. The number of aliphatic hydroxyl groups is 1. The minimum Gasteiger partial charge on any atom is -0.389 e. The van der Waals surface area contributed by atoms with Crippen LogP contribution in [0.3, 0.4) is 0 Å². The van der Waals surface area contributed by atoms with Crippen molar-refractivity contribution in [1.29, 1.82) is 0 Å². The lowest BCUT2D eigenvalue weighted by Gasteiger charge is -2.38. The molecule has 0 unspecified atom stereocenters. The van der Waals surface area contributed by atoms with Crippen LogP contribution < -0.4 is 15.5 Å². The van der Waals surface area contributed by atoms with Crippen molar-refractivity contribution in [2.75, 3.05) is 36.5 Å². The van der Waals surface area contributed by atoms with Crippen LogP contribution in [0.25, 0.3) is 28.0 Å². The molecule has 3 N–H and O–H groups in total. The van der Waals surface area contributed by atoms with Gasteiger partial charge in [0.25, 0.3) is 0 Å². The van der Waals surface area contributed by atoms with Crippen LogP contribution in [0.2, 0.25) is 10.0 Å². The Morgan fingerprint density at radius 3 is 2.38 bits per heavy atom. The van der Waals surface area contributed by atoms with Crippen LogP contribution in [0.1, 0.15) is 33.6 Å². The first kappa shape index (κ1) is 28.2. The molecular formula is C30H34Cl2N6O2. The lowest BCUT2D eigenvalue weighted by Crippen LogP contribution is -2.46. The number of nitrogens with zero attached hydrogens (tertiary/aromatic N) is 5. The fraction of sp³-hybridized carbons (Fsp3) is 0.367. The second-order valence-corrected chi connectivity index (χ2v) is 12.3. The van der Waals surface area contributed by atoms with Crippen molar-refractivity contribution in [3.63, 3.8) is 0 Å². The summed E-state index contributed by atoms with van der Waals surface area (Å²) < 4.78 is 1.86. The maximum atomic E-state index is 12.1. The van der Waals surface area contributed by atoms with E-state index < -0.39 is 11.0 Å². The van der Waals surface area contributed by atoms with E-state index in [-0.39, 0.29) is 5.91 Å². The summed E-state index contributed by atoms with van der Waals surface area (Å²) in [5.74, 6) is 1.25. The van der Waals surface area contributed by atoms with Gasteiger partial charge in [0, 0.05) is 48.7 Å². The number of likely N-dealkylation sites (N-methyl/N-ethyl adjacent to an activating group) is 1. The number of halogens is 2. The first-order chi connectivity index (χ1) is 18.9. The predicted molar refractivity (Wildman–Crippen MR) is 162 cm³/mol. The van der Waals surface area contributed by atoms with E-state index in [2.05, 4.69) is 4.90 Å². The average molecular weight is 582 g/mol. The maximum Gasteiger partial charge on any atom is 0.223 e. The monoisotopic (exact) mass is 580 g/mol. The molecule has 0 radical (unpaired) electrons. The SMILES string of the molecule is CN(CC(C)(C)O)c1cc(N2CCC(C)(C(N)=O)CC2)n2nc(-c3ccccc3Cl)c(-c3ccc(Cl)cc3)c2n1. The van der Waals surface area contributed by atoms with Gasteiger partial charge in [-0.1, -0.05) is 60.5 Å². The quantitative estimate of drug-likeness (QED) is 0.292. The average Bonchev–Trinajstić information content (AvgIpc) is 3.27. The van der Waals surface area contributed by atoms with E-state index in [1.807, 2.05) is 78.0 Å². The highest BCUT2D eigenvalue weighted by Gasteiger charge is 2.36. The summed E-state index contributed by atoms with van der Waals surface area (Å²) >= 11 is 12.9. The minimum absolute atomic E-state index is 0.275. The van der Waals surface area contributed by atoms with Crippen LogP contribution in [0.4, 0.5) is 11.6 Å². The Morgan fingerprint density at radius 1 is 1.12 bits per heavy atom.